The molecule has 0 saturated carbocycles. The first-order valence-electron chi connectivity index (χ1n) is 8.11. The number of nitrogen functional groups attached to an aromatic ring is 1. The van der Waals surface area contributed by atoms with E-state index in [1.807, 2.05) is 6.92 Å². The molecule has 0 amide bonds. The molecule has 3 aromatic rings. The Bertz CT molecular complexity index is 1030. The summed E-state index contributed by atoms with van der Waals surface area (Å²) in [7, 11) is 1.66. The normalized spacial score (nSPS) is 10.8. The molecular formula is C20H18F2N2O2. The number of nitrogens with two attached hydrogens (primary N) is 1. The third-order valence-corrected chi connectivity index (χ3v) is 4.07. The van der Waals surface area contributed by atoms with Gasteiger partial charge in [0.15, 0.2) is 11.6 Å². The summed E-state index contributed by atoms with van der Waals surface area (Å²) in [5, 5.41) is 0. The second kappa shape index (κ2) is 7.00. The highest BCUT2D eigenvalue weighted by Gasteiger charge is 2.14. The lowest BCUT2D eigenvalue weighted by atomic mass is 10.0. The zero-order valence-corrected chi connectivity index (χ0v) is 14.4. The monoisotopic (exact) mass is 356 g/mol. The molecule has 0 fully saturated rings. The molecule has 0 saturated heterocycles. The van der Waals surface area contributed by atoms with Gasteiger partial charge in [0.2, 0.25) is 0 Å². The van der Waals surface area contributed by atoms with Crippen LogP contribution in [0.5, 0.6) is 11.5 Å². The summed E-state index contributed by atoms with van der Waals surface area (Å²) in [6, 6.07) is 9.81. The van der Waals surface area contributed by atoms with Gasteiger partial charge in [-0.15, -0.1) is 0 Å². The van der Waals surface area contributed by atoms with E-state index >= 15 is 0 Å². The van der Waals surface area contributed by atoms with Crippen molar-refractivity contribution in [2.45, 2.75) is 13.3 Å². The van der Waals surface area contributed by atoms with Gasteiger partial charge in [-0.05, 0) is 42.8 Å². The van der Waals surface area contributed by atoms with Crippen LogP contribution < -0.4 is 16.0 Å². The zero-order chi connectivity index (χ0) is 18.8. The van der Waals surface area contributed by atoms with E-state index in [2.05, 4.69) is 0 Å². The van der Waals surface area contributed by atoms with E-state index in [9.17, 15) is 13.6 Å². The average Bonchev–Trinajstić information content (AvgIpc) is 2.61. The Morgan fingerprint density at radius 2 is 1.81 bits per heavy atom. The van der Waals surface area contributed by atoms with Crippen LogP contribution in [0.2, 0.25) is 0 Å². The number of aryl methyl sites for hydroxylation is 2. The third-order valence-electron chi connectivity index (χ3n) is 4.07. The first kappa shape index (κ1) is 17.7. The molecule has 0 aliphatic rings. The Balaban J connectivity index is 2.12. The number of aromatic nitrogens is 1. The van der Waals surface area contributed by atoms with Crippen LogP contribution in [-0.2, 0) is 13.5 Å². The summed E-state index contributed by atoms with van der Waals surface area (Å²) >= 11 is 0. The van der Waals surface area contributed by atoms with Gasteiger partial charge in [0.1, 0.15) is 11.6 Å². The van der Waals surface area contributed by atoms with E-state index in [0.29, 0.717) is 34.5 Å². The van der Waals surface area contributed by atoms with E-state index in [-0.39, 0.29) is 11.3 Å². The molecule has 0 unspecified atom stereocenters. The van der Waals surface area contributed by atoms with Gasteiger partial charge >= 0.3 is 0 Å². The van der Waals surface area contributed by atoms with Crippen molar-refractivity contribution >= 4 is 5.69 Å². The second-order valence-electron chi connectivity index (χ2n) is 5.96. The first-order valence-corrected chi connectivity index (χ1v) is 8.11. The predicted molar refractivity (Wildman–Crippen MR) is 97.3 cm³/mol. The highest BCUT2D eigenvalue weighted by molar-refractivity contribution is 5.74. The highest BCUT2D eigenvalue weighted by atomic mass is 19.1. The number of nitrogens with zero attached hydrogens (tertiary/aromatic N) is 1. The van der Waals surface area contributed by atoms with Crippen LogP contribution in [0.15, 0.2) is 53.5 Å². The third kappa shape index (κ3) is 3.44. The molecular weight excluding hydrogens is 338 g/mol. The average molecular weight is 356 g/mol. The van der Waals surface area contributed by atoms with Crippen LogP contribution in [0.1, 0.15) is 12.5 Å². The Hall–Kier alpha value is -3.15. The summed E-state index contributed by atoms with van der Waals surface area (Å²) in [6.45, 7) is 1.89. The van der Waals surface area contributed by atoms with Gasteiger partial charge in [-0.3, -0.25) is 4.79 Å². The minimum absolute atomic E-state index is 0.0767. The van der Waals surface area contributed by atoms with Crippen LogP contribution in [0.3, 0.4) is 0 Å². The molecule has 1 aromatic heterocycles. The van der Waals surface area contributed by atoms with Crippen molar-refractivity contribution < 1.29 is 13.5 Å². The molecule has 0 bridgehead atoms. The van der Waals surface area contributed by atoms with Gasteiger partial charge < -0.3 is 15.0 Å². The second-order valence-corrected chi connectivity index (χ2v) is 5.96. The molecule has 6 heteroatoms. The van der Waals surface area contributed by atoms with E-state index in [1.54, 1.807) is 37.5 Å². The van der Waals surface area contributed by atoms with Crippen LogP contribution in [0.25, 0.3) is 11.1 Å². The maximum absolute atomic E-state index is 14.0. The lowest BCUT2D eigenvalue weighted by molar-refractivity contribution is 0.439. The van der Waals surface area contributed by atoms with Gasteiger partial charge in [-0.2, -0.15) is 0 Å². The van der Waals surface area contributed by atoms with Crippen molar-refractivity contribution in [3.8, 4) is 22.6 Å². The number of anilines is 1. The number of rotatable bonds is 4. The molecule has 0 aliphatic carbocycles. The van der Waals surface area contributed by atoms with Crippen LogP contribution in [-0.4, -0.2) is 4.57 Å². The molecule has 2 N–H and O–H groups in total. The summed E-state index contributed by atoms with van der Waals surface area (Å²) in [4.78, 5) is 12.1. The predicted octanol–water partition coefficient (Wildman–Crippen LogP) is 4.27. The molecule has 0 aliphatic heterocycles. The standard InChI is InChI=1S/C20H18F2N2O2/c1-3-12-8-13(11-24(2)20(12)25)16-10-15(23)5-7-18(16)26-19-6-4-14(21)9-17(19)22/h4-11H,3,23H2,1-2H3. The van der Waals surface area contributed by atoms with Crippen molar-refractivity contribution in [2.75, 3.05) is 5.73 Å². The van der Waals surface area contributed by atoms with E-state index < -0.39 is 11.6 Å². The summed E-state index contributed by atoms with van der Waals surface area (Å²) in [6.07, 6.45) is 2.25. The Morgan fingerprint density at radius 3 is 2.50 bits per heavy atom. The molecule has 26 heavy (non-hydrogen) atoms. The van der Waals surface area contributed by atoms with Crippen LogP contribution >= 0.6 is 0 Å². The molecule has 134 valence electrons. The summed E-state index contributed by atoms with van der Waals surface area (Å²) in [5.41, 5.74) is 8.29. The molecule has 0 spiro atoms. The topological polar surface area (TPSA) is 57.2 Å². The van der Waals surface area contributed by atoms with Crippen molar-refractivity contribution in [2.24, 2.45) is 7.05 Å². The van der Waals surface area contributed by atoms with Gasteiger partial charge in [-0.1, -0.05) is 6.92 Å². The summed E-state index contributed by atoms with van der Waals surface area (Å²) in [5.74, 6) is -1.23. The molecule has 2 aromatic carbocycles. The number of hydrogen-bond acceptors (Lipinski definition) is 3. The maximum Gasteiger partial charge on any atom is 0.253 e. The molecule has 4 nitrogen and oxygen atoms in total. The highest BCUT2D eigenvalue weighted by Crippen LogP contribution is 2.35. The van der Waals surface area contributed by atoms with Crippen molar-refractivity contribution in [3.63, 3.8) is 0 Å². The number of hydrogen-bond donors (Lipinski definition) is 1. The Morgan fingerprint density at radius 1 is 1.08 bits per heavy atom. The molecule has 1 heterocycles. The number of benzene rings is 2. The molecule has 3 rings (SSSR count). The lowest BCUT2D eigenvalue weighted by Crippen LogP contribution is -2.20. The minimum Gasteiger partial charge on any atom is -0.454 e. The largest absolute Gasteiger partial charge is 0.454 e. The van der Waals surface area contributed by atoms with E-state index in [0.717, 1.165) is 12.1 Å². The lowest BCUT2D eigenvalue weighted by Gasteiger charge is -2.14. The van der Waals surface area contributed by atoms with Gasteiger partial charge in [-0.25, -0.2) is 8.78 Å². The Labute approximate surface area is 149 Å². The number of ether oxygens (including phenoxy) is 1. The van der Waals surface area contributed by atoms with Gasteiger partial charge in [0.25, 0.3) is 5.56 Å². The maximum atomic E-state index is 14.0. The zero-order valence-electron chi connectivity index (χ0n) is 14.4. The fourth-order valence-electron chi connectivity index (χ4n) is 2.72. The van der Waals surface area contributed by atoms with E-state index in [4.69, 9.17) is 10.5 Å². The number of halogens is 2. The number of pyridine rings is 1. The summed E-state index contributed by atoms with van der Waals surface area (Å²) < 4.78 is 34.2. The van der Waals surface area contributed by atoms with Crippen molar-refractivity contribution in [1.82, 2.24) is 4.57 Å². The first-order chi connectivity index (χ1) is 12.4. The quantitative estimate of drug-likeness (QED) is 0.711. The fraction of sp³-hybridized carbons (Fsp3) is 0.150. The van der Waals surface area contributed by atoms with Crippen LogP contribution in [0.4, 0.5) is 14.5 Å². The van der Waals surface area contributed by atoms with Crippen LogP contribution in [0, 0.1) is 11.6 Å². The Kier molecular flexibility index (Phi) is 4.75. The fourth-order valence-corrected chi connectivity index (χ4v) is 2.72. The van der Waals surface area contributed by atoms with Gasteiger partial charge in [0, 0.05) is 41.7 Å². The molecule has 0 radical (unpaired) electrons. The van der Waals surface area contributed by atoms with E-state index in [1.165, 1.54) is 10.6 Å². The van der Waals surface area contributed by atoms with Crippen molar-refractivity contribution in [3.05, 3.63) is 76.2 Å². The SMILES string of the molecule is CCc1cc(-c2cc(N)ccc2Oc2ccc(F)cc2F)cn(C)c1=O. The van der Waals surface area contributed by atoms with Gasteiger partial charge in [0.05, 0.1) is 0 Å². The smallest absolute Gasteiger partial charge is 0.253 e. The minimum atomic E-state index is -0.803. The molecule has 0 atom stereocenters. The van der Waals surface area contributed by atoms with Crippen molar-refractivity contribution in [1.29, 1.82) is 0 Å².